The van der Waals surface area contributed by atoms with E-state index in [4.69, 9.17) is 0 Å². The van der Waals surface area contributed by atoms with Gasteiger partial charge < -0.3 is 5.32 Å². The highest BCUT2D eigenvalue weighted by molar-refractivity contribution is 7.89. The van der Waals surface area contributed by atoms with Crippen molar-refractivity contribution in [3.63, 3.8) is 0 Å². The van der Waals surface area contributed by atoms with Crippen molar-refractivity contribution in [2.45, 2.75) is 56.5 Å². The van der Waals surface area contributed by atoms with E-state index < -0.39 is 10.0 Å². The summed E-state index contributed by atoms with van der Waals surface area (Å²) in [5.74, 6) is 0.506. The van der Waals surface area contributed by atoms with Gasteiger partial charge in [-0.3, -0.25) is 0 Å². The number of benzene rings is 1. The van der Waals surface area contributed by atoms with E-state index in [0.717, 1.165) is 18.4 Å². The first-order chi connectivity index (χ1) is 9.86. The molecule has 2 unspecified atom stereocenters. The summed E-state index contributed by atoms with van der Waals surface area (Å²) < 4.78 is 28.0. The molecule has 0 radical (unpaired) electrons. The highest BCUT2D eigenvalue weighted by Gasteiger charge is 2.32. The van der Waals surface area contributed by atoms with E-state index in [1.54, 1.807) is 12.1 Å². The molecule has 1 aliphatic carbocycles. The smallest absolute Gasteiger partial charge is 0.241 e. The zero-order valence-electron chi connectivity index (χ0n) is 13.3. The molecule has 0 spiro atoms. The second-order valence-electron chi connectivity index (χ2n) is 6.28. The summed E-state index contributed by atoms with van der Waals surface area (Å²) in [4.78, 5) is 0.428. The molecule has 4 nitrogen and oxygen atoms in total. The van der Waals surface area contributed by atoms with Crippen molar-refractivity contribution in [2.24, 2.45) is 5.92 Å². The van der Waals surface area contributed by atoms with E-state index in [1.165, 1.54) is 0 Å². The summed E-state index contributed by atoms with van der Waals surface area (Å²) in [6, 6.07) is 7.72. The summed E-state index contributed by atoms with van der Waals surface area (Å²) in [7, 11) is -1.51. The average molecular weight is 310 g/mol. The Morgan fingerprint density at radius 2 is 1.76 bits per heavy atom. The van der Waals surface area contributed by atoms with E-state index in [0.29, 0.717) is 10.8 Å². The molecule has 0 saturated heterocycles. The highest BCUT2D eigenvalue weighted by Crippen LogP contribution is 2.33. The van der Waals surface area contributed by atoms with Gasteiger partial charge >= 0.3 is 0 Å². The number of rotatable bonds is 7. The van der Waals surface area contributed by atoms with E-state index >= 15 is 0 Å². The third-order valence-corrected chi connectivity index (χ3v) is 5.77. The lowest BCUT2D eigenvalue weighted by molar-refractivity contribution is 0.390. The monoisotopic (exact) mass is 310 g/mol. The Balaban J connectivity index is 2.43. The van der Waals surface area contributed by atoms with Crippen LogP contribution in [0, 0.1) is 5.92 Å². The van der Waals surface area contributed by atoms with Crippen LogP contribution in [-0.2, 0) is 10.0 Å². The predicted octanol–water partition coefficient (Wildman–Crippen LogP) is 2.47. The molecule has 5 heteroatoms. The van der Waals surface area contributed by atoms with E-state index in [-0.39, 0.29) is 18.0 Å². The highest BCUT2D eigenvalue weighted by atomic mass is 32.2. The molecule has 2 N–H and O–H groups in total. The van der Waals surface area contributed by atoms with Crippen LogP contribution >= 0.6 is 0 Å². The fourth-order valence-corrected chi connectivity index (χ4v) is 4.44. The minimum absolute atomic E-state index is 0.127. The van der Waals surface area contributed by atoms with Crippen molar-refractivity contribution in [2.75, 3.05) is 7.05 Å². The molecule has 1 aliphatic rings. The summed E-state index contributed by atoms with van der Waals surface area (Å²) >= 11 is 0. The Kier molecular flexibility index (Phi) is 5.07. The lowest BCUT2D eigenvalue weighted by atomic mass is 9.83. The molecule has 1 fully saturated rings. The molecular formula is C16H26N2O2S. The van der Waals surface area contributed by atoms with E-state index in [2.05, 4.69) is 30.8 Å². The Labute approximate surface area is 128 Å². The molecule has 2 atom stereocenters. The number of sulfonamides is 1. The standard InChI is InChI=1S/C16H26N2O2S/c1-11(2)16(12(3)17-4)14-7-5-6-8-15(14)21(19,20)18-13-9-10-13/h5-8,11-13,16-18H,9-10H2,1-4H3. The topological polar surface area (TPSA) is 58.2 Å². The van der Waals surface area contributed by atoms with Crippen molar-refractivity contribution in [3.05, 3.63) is 29.8 Å². The van der Waals surface area contributed by atoms with Gasteiger partial charge in [-0.15, -0.1) is 0 Å². The second kappa shape index (κ2) is 6.46. The summed E-state index contributed by atoms with van der Waals surface area (Å²) in [5, 5.41) is 3.26. The van der Waals surface area contributed by atoms with Crippen LogP contribution < -0.4 is 10.0 Å². The number of hydrogen-bond acceptors (Lipinski definition) is 3. The molecule has 0 bridgehead atoms. The van der Waals surface area contributed by atoms with Crippen LogP contribution in [0.4, 0.5) is 0 Å². The van der Waals surface area contributed by atoms with Gasteiger partial charge in [0, 0.05) is 18.0 Å². The van der Waals surface area contributed by atoms with Gasteiger partial charge in [0.1, 0.15) is 0 Å². The predicted molar refractivity (Wildman–Crippen MR) is 85.9 cm³/mol. The van der Waals surface area contributed by atoms with Gasteiger partial charge in [-0.25, -0.2) is 13.1 Å². The molecule has 0 aromatic heterocycles. The Hall–Kier alpha value is -0.910. The maximum Gasteiger partial charge on any atom is 0.241 e. The summed E-state index contributed by atoms with van der Waals surface area (Å²) in [6.07, 6.45) is 1.89. The Morgan fingerprint density at radius 3 is 2.29 bits per heavy atom. The lowest BCUT2D eigenvalue weighted by Gasteiger charge is -2.29. The molecule has 118 valence electrons. The maximum atomic E-state index is 12.6. The molecule has 0 heterocycles. The Morgan fingerprint density at radius 1 is 1.14 bits per heavy atom. The summed E-state index contributed by atoms with van der Waals surface area (Å²) in [5.41, 5.74) is 0.905. The first-order valence-electron chi connectivity index (χ1n) is 7.65. The van der Waals surface area contributed by atoms with Crippen LogP contribution in [0.2, 0.25) is 0 Å². The van der Waals surface area contributed by atoms with Crippen molar-refractivity contribution in [1.82, 2.24) is 10.0 Å². The minimum atomic E-state index is -3.43. The lowest BCUT2D eigenvalue weighted by Crippen LogP contribution is -2.34. The molecule has 21 heavy (non-hydrogen) atoms. The van der Waals surface area contributed by atoms with Crippen LogP contribution in [-0.4, -0.2) is 27.5 Å². The maximum absolute atomic E-state index is 12.6. The van der Waals surface area contributed by atoms with Crippen LogP contribution in [0.25, 0.3) is 0 Å². The van der Waals surface area contributed by atoms with E-state index in [1.807, 2.05) is 19.2 Å². The van der Waals surface area contributed by atoms with Crippen LogP contribution in [0.5, 0.6) is 0 Å². The van der Waals surface area contributed by atoms with Gasteiger partial charge in [0.15, 0.2) is 0 Å². The molecule has 0 amide bonds. The first-order valence-corrected chi connectivity index (χ1v) is 9.13. The number of hydrogen-bond donors (Lipinski definition) is 2. The van der Waals surface area contributed by atoms with Gasteiger partial charge in [-0.1, -0.05) is 32.0 Å². The molecule has 1 saturated carbocycles. The van der Waals surface area contributed by atoms with Crippen molar-refractivity contribution in [3.8, 4) is 0 Å². The molecular weight excluding hydrogens is 284 g/mol. The quantitative estimate of drug-likeness (QED) is 0.813. The zero-order chi connectivity index (χ0) is 15.6. The summed E-state index contributed by atoms with van der Waals surface area (Å²) in [6.45, 7) is 6.37. The van der Waals surface area contributed by atoms with Crippen LogP contribution in [0.3, 0.4) is 0 Å². The molecule has 1 aromatic carbocycles. The minimum Gasteiger partial charge on any atom is -0.317 e. The third-order valence-electron chi connectivity index (χ3n) is 4.18. The van der Waals surface area contributed by atoms with Gasteiger partial charge in [0.25, 0.3) is 0 Å². The van der Waals surface area contributed by atoms with Gasteiger partial charge in [-0.2, -0.15) is 0 Å². The van der Waals surface area contributed by atoms with E-state index in [9.17, 15) is 8.42 Å². The molecule has 2 rings (SSSR count). The fourth-order valence-electron chi connectivity index (χ4n) is 2.87. The fraction of sp³-hybridized carbons (Fsp3) is 0.625. The molecule has 0 aliphatic heterocycles. The van der Waals surface area contributed by atoms with Crippen molar-refractivity contribution >= 4 is 10.0 Å². The van der Waals surface area contributed by atoms with Crippen LogP contribution in [0.1, 0.15) is 45.1 Å². The zero-order valence-corrected chi connectivity index (χ0v) is 14.1. The normalized spacial score (nSPS) is 18.7. The second-order valence-corrected chi connectivity index (χ2v) is 7.96. The van der Waals surface area contributed by atoms with Crippen molar-refractivity contribution in [1.29, 1.82) is 0 Å². The average Bonchev–Trinajstić information content (AvgIpc) is 3.22. The van der Waals surface area contributed by atoms with Gasteiger partial charge in [-0.05, 0) is 44.4 Å². The largest absolute Gasteiger partial charge is 0.317 e. The first kappa shape index (κ1) is 16.5. The van der Waals surface area contributed by atoms with Crippen LogP contribution in [0.15, 0.2) is 29.2 Å². The van der Waals surface area contributed by atoms with Crippen molar-refractivity contribution < 1.29 is 8.42 Å². The van der Waals surface area contributed by atoms with Gasteiger partial charge in [0.05, 0.1) is 4.90 Å². The number of likely N-dealkylation sites (N-methyl/N-ethyl adjacent to an activating group) is 1. The Bertz CT molecular complexity index is 580. The third kappa shape index (κ3) is 3.84. The SMILES string of the molecule is CNC(C)C(c1ccccc1S(=O)(=O)NC1CC1)C(C)C. The number of nitrogens with one attached hydrogen (secondary N) is 2. The molecule has 1 aromatic rings. The van der Waals surface area contributed by atoms with Gasteiger partial charge in [0.2, 0.25) is 10.0 Å².